The molecule has 0 amide bonds. The van der Waals surface area contributed by atoms with Gasteiger partial charge in [-0.2, -0.15) is 13.2 Å². The van der Waals surface area contributed by atoms with E-state index in [-0.39, 0.29) is 6.42 Å². The van der Waals surface area contributed by atoms with Crippen LogP contribution >= 0.6 is 0 Å². The van der Waals surface area contributed by atoms with Crippen LogP contribution in [0, 0.1) is 0 Å². The zero-order valence-corrected chi connectivity index (χ0v) is 10.8. The molecule has 1 nitrogen and oxygen atoms in total. The number of carbonyl (C=O) groups is 1. The second-order valence-corrected chi connectivity index (χ2v) is 4.18. The molecule has 0 aliphatic heterocycles. The third-order valence-corrected chi connectivity index (χ3v) is 2.53. The van der Waals surface area contributed by atoms with Crippen molar-refractivity contribution in [3.63, 3.8) is 0 Å². The highest BCUT2D eigenvalue weighted by Gasteiger charge is 2.36. The Morgan fingerprint density at radius 2 is 1.61 bits per heavy atom. The van der Waals surface area contributed by atoms with E-state index in [1.54, 1.807) is 0 Å². The highest BCUT2D eigenvalue weighted by molar-refractivity contribution is 5.83. The smallest absolute Gasteiger partial charge is 0.290 e. The van der Waals surface area contributed by atoms with Gasteiger partial charge in [-0.3, -0.25) is 4.79 Å². The second kappa shape index (κ2) is 9.92. The Labute approximate surface area is 107 Å². The molecule has 0 fully saturated rings. The van der Waals surface area contributed by atoms with Crippen molar-refractivity contribution >= 4 is 5.78 Å². The lowest BCUT2D eigenvalue weighted by Gasteiger charge is -2.04. The van der Waals surface area contributed by atoms with Gasteiger partial charge in [0.1, 0.15) is 0 Å². The van der Waals surface area contributed by atoms with E-state index in [9.17, 15) is 18.0 Å². The molecule has 0 saturated heterocycles. The third-order valence-electron chi connectivity index (χ3n) is 2.53. The lowest BCUT2D eigenvalue weighted by atomic mass is 10.1. The molecule has 0 bridgehead atoms. The number of carbonyl (C=O) groups excluding carboxylic acids is 1. The van der Waals surface area contributed by atoms with E-state index in [1.165, 1.54) is 0 Å². The summed E-state index contributed by atoms with van der Waals surface area (Å²) in [5, 5.41) is 0. The second-order valence-electron chi connectivity index (χ2n) is 4.18. The fourth-order valence-corrected chi connectivity index (χ4v) is 1.51. The van der Waals surface area contributed by atoms with Crippen molar-refractivity contribution in [1.82, 2.24) is 0 Å². The molecule has 0 aromatic rings. The fourth-order valence-electron chi connectivity index (χ4n) is 1.51. The van der Waals surface area contributed by atoms with Gasteiger partial charge in [0.25, 0.3) is 0 Å². The summed E-state index contributed by atoms with van der Waals surface area (Å²) in [6, 6.07) is 0. The van der Waals surface area contributed by atoms with Gasteiger partial charge in [-0.15, -0.1) is 0 Å². The van der Waals surface area contributed by atoms with E-state index in [1.807, 2.05) is 25.2 Å². The summed E-state index contributed by atoms with van der Waals surface area (Å²) in [5.74, 6) is -1.60. The van der Waals surface area contributed by atoms with Crippen molar-refractivity contribution in [3.05, 3.63) is 24.3 Å². The van der Waals surface area contributed by atoms with Crippen molar-refractivity contribution in [2.45, 2.75) is 58.0 Å². The van der Waals surface area contributed by atoms with Gasteiger partial charge in [-0.05, 0) is 26.2 Å². The van der Waals surface area contributed by atoms with Gasteiger partial charge in [0.15, 0.2) is 0 Å². The molecule has 0 aromatic heterocycles. The Morgan fingerprint density at radius 3 is 2.22 bits per heavy atom. The molecule has 0 aliphatic carbocycles. The predicted octanol–water partition coefficient (Wildman–Crippen LogP) is 4.98. The maximum Gasteiger partial charge on any atom is 0.449 e. The van der Waals surface area contributed by atoms with Crippen LogP contribution in [0.2, 0.25) is 0 Å². The van der Waals surface area contributed by atoms with Gasteiger partial charge in [0, 0.05) is 6.42 Å². The number of Topliss-reactive ketones (excluding diaryl/α,β-unsaturated/α-hetero) is 1. The highest BCUT2D eigenvalue weighted by atomic mass is 19.4. The van der Waals surface area contributed by atoms with Crippen LogP contribution in [0.25, 0.3) is 0 Å². The maximum atomic E-state index is 11.9. The normalized spacial score (nSPS) is 12.7. The molecule has 0 aromatic carbocycles. The molecule has 0 radical (unpaired) electrons. The molecule has 0 aliphatic rings. The van der Waals surface area contributed by atoms with E-state index in [0.717, 1.165) is 25.7 Å². The van der Waals surface area contributed by atoms with Gasteiger partial charge in [-0.1, -0.05) is 43.6 Å². The van der Waals surface area contributed by atoms with Crippen LogP contribution in [0.4, 0.5) is 13.2 Å². The van der Waals surface area contributed by atoms with Crippen molar-refractivity contribution in [3.8, 4) is 0 Å². The molecule has 0 saturated carbocycles. The lowest BCUT2D eigenvalue weighted by molar-refractivity contribution is -0.171. The number of halogens is 3. The Kier molecular flexibility index (Phi) is 9.33. The molecule has 104 valence electrons. The number of rotatable bonds is 9. The van der Waals surface area contributed by atoms with Crippen LogP contribution in [0.1, 0.15) is 51.9 Å². The van der Waals surface area contributed by atoms with Gasteiger partial charge in [0.2, 0.25) is 5.78 Å². The monoisotopic (exact) mass is 262 g/mol. The SMILES string of the molecule is CC=CC=CCCCCCCCC(=O)C(F)(F)F. The number of alkyl halides is 3. The van der Waals surface area contributed by atoms with Crippen molar-refractivity contribution in [1.29, 1.82) is 0 Å². The molecule has 18 heavy (non-hydrogen) atoms. The van der Waals surface area contributed by atoms with Crippen molar-refractivity contribution in [2.75, 3.05) is 0 Å². The van der Waals surface area contributed by atoms with Crippen LogP contribution < -0.4 is 0 Å². The summed E-state index contributed by atoms with van der Waals surface area (Å²) in [6.45, 7) is 1.95. The first-order chi connectivity index (χ1) is 8.48. The van der Waals surface area contributed by atoms with Crippen molar-refractivity contribution < 1.29 is 18.0 Å². The molecule has 0 heterocycles. The molecule has 0 spiro atoms. The molecular weight excluding hydrogens is 241 g/mol. The minimum absolute atomic E-state index is 0.340. The van der Waals surface area contributed by atoms with Crippen LogP contribution in [-0.2, 0) is 4.79 Å². The molecular formula is C14H21F3O. The zero-order chi connectivity index (χ0) is 13.9. The zero-order valence-electron chi connectivity index (χ0n) is 10.8. The molecule has 0 unspecified atom stereocenters. The molecule has 0 rings (SSSR count). The Hall–Kier alpha value is -1.06. The van der Waals surface area contributed by atoms with Gasteiger partial charge < -0.3 is 0 Å². The molecule has 4 heteroatoms. The number of hydrogen-bond donors (Lipinski definition) is 0. The predicted molar refractivity (Wildman–Crippen MR) is 67.3 cm³/mol. The lowest BCUT2D eigenvalue weighted by Crippen LogP contribution is -2.22. The Morgan fingerprint density at radius 1 is 1.00 bits per heavy atom. The average molecular weight is 262 g/mol. The average Bonchev–Trinajstić information content (AvgIpc) is 2.30. The summed E-state index contributed by atoms with van der Waals surface area (Å²) < 4.78 is 35.6. The summed E-state index contributed by atoms with van der Waals surface area (Å²) >= 11 is 0. The maximum absolute atomic E-state index is 11.9. The van der Waals surface area contributed by atoms with Crippen LogP contribution in [0.5, 0.6) is 0 Å². The van der Waals surface area contributed by atoms with Crippen LogP contribution in [-0.4, -0.2) is 12.0 Å². The largest absolute Gasteiger partial charge is 0.449 e. The van der Waals surface area contributed by atoms with Crippen LogP contribution in [0.15, 0.2) is 24.3 Å². The van der Waals surface area contributed by atoms with Gasteiger partial charge in [0.05, 0.1) is 0 Å². The number of ketones is 1. The standard InChI is InChI=1S/C14H21F3O/c1-2-3-4-5-6-7-8-9-10-11-12-13(18)14(15,16)17/h2-5H,6-12H2,1H3. The summed E-state index contributed by atoms with van der Waals surface area (Å²) in [6.07, 6.45) is 7.91. The minimum Gasteiger partial charge on any atom is -0.290 e. The Bertz CT molecular complexity index is 277. The quantitative estimate of drug-likeness (QED) is 0.423. The third kappa shape index (κ3) is 10.1. The summed E-state index contributed by atoms with van der Waals surface area (Å²) in [5.41, 5.74) is 0. The van der Waals surface area contributed by atoms with Crippen LogP contribution in [0.3, 0.4) is 0 Å². The number of allylic oxidation sites excluding steroid dienone is 4. The highest BCUT2D eigenvalue weighted by Crippen LogP contribution is 2.19. The van der Waals surface area contributed by atoms with E-state index in [0.29, 0.717) is 12.8 Å². The van der Waals surface area contributed by atoms with Gasteiger partial charge >= 0.3 is 6.18 Å². The number of unbranched alkanes of at least 4 members (excludes halogenated alkanes) is 5. The van der Waals surface area contributed by atoms with E-state index >= 15 is 0 Å². The minimum atomic E-state index is -4.66. The first kappa shape index (κ1) is 16.9. The Balaban J connectivity index is 3.34. The summed E-state index contributed by atoms with van der Waals surface area (Å²) in [7, 11) is 0. The fraction of sp³-hybridized carbons (Fsp3) is 0.643. The first-order valence-electron chi connectivity index (χ1n) is 6.36. The molecule has 0 N–H and O–H groups in total. The summed E-state index contributed by atoms with van der Waals surface area (Å²) in [4.78, 5) is 10.6. The van der Waals surface area contributed by atoms with E-state index in [4.69, 9.17) is 0 Å². The number of hydrogen-bond acceptors (Lipinski definition) is 1. The van der Waals surface area contributed by atoms with E-state index < -0.39 is 12.0 Å². The first-order valence-corrected chi connectivity index (χ1v) is 6.36. The van der Waals surface area contributed by atoms with E-state index in [2.05, 4.69) is 6.08 Å². The van der Waals surface area contributed by atoms with Crippen molar-refractivity contribution in [2.24, 2.45) is 0 Å². The molecule has 0 atom stereocenters. The topological polar surface area (TPSA) is 17.1 Å². The van der Waals surface area contributed by atoms with Gasteiger partial charge in [-0.25, -0.2) is 0 Å².